The summed E-state index contributed by atoms with van der Waals surface area (Å²) < 4.78 is 19.1. The van der Waals surface area contributed by atoms with Crippen molar-refractivity contribution in [1.82, 2.24) is 0 Å². The lowest BCUT2D eigenvalue weighted by atomic mass is 9.92. The summed E-state index contributed by atoms with van der Waals surface area (Å²) in [7, 11) is 0. The third-order valence-corrected chi connectivity index (χ3v) is 3.16. The molecular formula is C15H11FO2. The van der Waals surface area contributed by atoms with Gasteiger partial charge in [0.15, 0.2) is 5.78 Å². The lowest BCUT2D eigenvalue weighted by Gasteiger charge is -2.08. The maximum atomic E-state index is 13.6. The van der Waals surface area contributed by atoms with E-state index in [-0.39, 0.29) is 18.0 Å². The molecule has 1 heterocycles. The molecule has 90 valence electrons. The molecular weight excluding hydrogens is 231 g/mol. The minimum Gasteiger partial charge on any atom is -0.492 e. The Balaban J connectivity index is 1.99. The van der Waals surface area contributed by atoms with Gasteiger partial charge in [-0.25, -0.2) is 4.39 Å². The van der Waals surface area contributed by atoms with Gasteiger partial charge in [0.1, 0.15) is 18.2 Å². The number of hydrogen-bond acceptors (Lipinski definition) is 2. The topological polar surface area (TPSA) is 26.3 Å². The van der Waals surface area contributed by atoms with Gasteiger partial charge in [0.2, 0.25) is 0 Å². The highest BCUT2D eigenvalue weighted by molar-refractivity contribution is 6.02. The predicted octanol–water partition coefficient (Wildman–Crippen LogP) is 3.18. The van der Waals surface area contributed by atoms with Crippen molar-refractivity contribution in [3.63, 3.8) is 0 Å². The Hall–Kier alpha value is -2.16. The standard InChI is InChI=1S/C15H11FO2/c16-13-7-3-1-6-11(13)15(17)12-9-18-14-8-4-2-5-10(12)14/h1-8,12H,9H2. The number of rotatable bonds is 2. The summed E-state index contributed by atoms with van der Waals surface area (Å²) in [5, 5.41) is 0. The summed E-state index contributed by atoms with van der Waals surface area (Å²) in [4.78, 5) is 12.3. The maximum absolute atomic E-state index is 13.6. The number of benzene rings is 2. The normalized spacial score (nSPS) is 17.1. The lowest BCUT2D eigenvalue weighted by molar-refractivity contribution is 0.0943. The first-order chi connectivity index (χ1) is 8.77. The van der Waals surface area contributed by atoms with E-state index in [9.17, 15) is 9.18 Å². The molecule has 1 aliphatic heterocycles. The number of carbonyl (C=O) groups is 1. The number of hydrogen-bond donors (Lipinski definition) is 0. The number of Topliss-reactive ketones (excluding diaryl/α,β-unsaturated/α-hetero) is 1. The monoisotopic (exact) mass is 242 g/mol. The van der Waals surface area contributed by atoms with Crippen LogP contribution in [0.1, 0.15) is 21.8 Å². The number of ether oxygens (including phenoxy) is 1. The van der Waals surface area contributed by atoms with E-state index in [4.69, 9.17) is 4.74 Å². The molecule has 2 aromatic carbocycles. The van der Waals surface area contributed by atoms with Gasteiger partial charge >= 0.3 is 0 Å². The van der Waals surface area contributed by atoms with Gasteiger partial charge < -0.3 is 4.74 Å². The fourth-order valence-corrected chi connectivity index (χ4v) is 2.23. The Bertz CT molecular complexity index is 607. The van der Waals surface area contributed by atoms with Crippen LogP contribution in [-0.4, -0.2) is 12.4 Å². The van der Waals surface area contributed by atoms with E-state index in [0.29, 0.717) is 5.75 Å². The molecule has 0 saturated heterocycles. The van der Waals surface area contributed by atoms with Gasteiger partial charge in [0, 0.05) is 5.56 Å². The van der Waals surface area contributed by atoms with Crippen molar-refractivity contribution in [3.8, 4) is 5.75 Å². The highest BCUT2D eigenvalue weighted by atomic mass is 19.1. The summed E-state index contributed by atoms with van der Waals surface area (Å²) in [5.41, 5.74) is 0.966. The van der Waals surface area contributed by atoms with Crippen LogP contribution in [0.15, 0.2) is 48.5 Å². The van der Waals surface area contributed by atoms with Crippen molar-refractivity contribution in [2.75, 3.05) is 6.61 Å². The molecule has 0 bridgehead atoms. The van der Waals surface area contributed by atoms with Crippen LogP contribution in [0, 0.1) is 5.82 Å². The summed E-state index contributed by atoms with van der Waals surface area (Å²) in [6.07, 6.45) is 0. The van der Waals surface area contributed by atoms with Crippen LogP contribution >= 0.6 is 0 Å². The molecule has 0 radical (unpaired) electrons. The molecule has 0 amide bonds. The van der Waals surface area contributed by atoms with Gasteiger partial charge in [0.25, 0.3) is 0 Å². The first-order valence-electron chi connectivity index (χ1n) is 5.78. The second-order valence-corrected chi connectivity index (χ2v) is 4.25. The Morgan fingerprint density at radius 1 is 1.11 bits per heavy atom. The SMILES string of the molecule is O=C(c1ccccc1F)C1COc2ccccc21. The van der Waals surface area contributed by atoms with E-state index in [0.717, 1.165) is 5.56 Å². The van der Waals surface area contributed by atoms with Crippen molar-refractivity contribution in [3.05, 3.63) is 65.5 Å². The van der Waals surface area contributed by atoms with E-state index in [1.54, 1.807) is 12.1 Å². The fraction of sp³-hybridized carbons (Fsp3) is 0.133. The van der Waals surface area contributed by atoms with Gasteiger partial charge in [-0.15, -0.1) is 0 Å². The highest BCUT2D eigenvalue weighted by Crippen LogP contribution is 2.35. The van der Waals surface area contributed by atoms with Gasteiger partial charge in [-0.1, -0.05) is 30.3 Å². The zero-order chi connectivity index (χ0) is 12.5. The van der Waals surface area contributed by atoms with E-state index < -0.39 is 11.7 Å². The molecule has 18 heavy (non-hydrogen) atoms. The zero-order valence-corrected chi connectivity index (χ0v) is 9.60. The molecule has 0 saturated carbocycles. The number of para-hydroxylation sites is 1. The first-order valence-corrected chi connectivity index (χ1v) is 5.78. The molecule has 2 nitrogen and oxygen atoms in total. The minimum absolute atomic E-state index is 0.128. The second kappa shape index (κ2) is 4.26. The van der Waals surface area contributed by atoms with Crippen LogP contribution in [0.25, 0.3) is 0 Å². The molecule has 3 rings (SSSR count). The summed E-state index contributed by atoms with van der Waals surface area (Å²) >= 11 is 0. The average molecular weight is 242 g/mol. The average Bonchev–Trinajstić information content (AvgIpc) is 2.82. The van der Waals surface area contributed by atoms with Crippen LogP contribution in [-0.2, 0) is 0 Å². The van der Waals surface area contributed by atoms with E-state index in [1.165, 1.54) is 12.1 Å². The van der Waals surface area contributed by atoms with Crippen molar-refractivity contribution < 1.29 is 13.9 Å². The van der Waals surface area contributed by atoms with Crippen LogP contribution in [0.5, 0.6) is 5.75 Å². The van der Waals surface area contributed by atoms with Crippen molar-refractivity contribution in [2.45, 2.75) is 5.92 Å². The maximum Gasteiger partial charge on any atom is 0.176 e. The molecule has 1 unspecified atom stereocenters. The van der Waals surface area contributed by atoms with Gasteiger partial charge in [-0.05, 0) is 18.2 Å². The summed E-state index contributed by atoms with van der Waals surface area (Å²) in [6, 6.07) is 13.4. The molecule has 0 aromatic heterocycles. The zero-order valence-electron chi connectivity index (χ0n) is 9.60. The first kappa shape index (κ1) is 11.0. The number of fused-ring (bicyclic) bond motifs is 1. The number of halogens is 1. The van der Waals surface area contributed by atoms with E-state index >= 15 is 0 Å². The lowest BCUT2D eigenvalue weighted by Crippen LogP contribution is -2.15. The smallest absolute Gasteiger partial charge is 0.176 e. The molecule has 0 aliphatic carbocycles. The fourth-order valence-electron chi connectivity index (χ4n) is 2.23. The molecule has 3 heteroatoms. The Kier molecular flexibility index (Phi) is 2.59. The van der Waals surface area contributed by atoms with Gasteiger partial charge in [-0.3, -0.25) is 4.79 Å². The molecule has 2 aromatic rings. The second-order valence-electron chi connectivity index (χ2n) is 4.25. The van der Waals surface area contributed by atoms with Crippen LogP contribution < -0.4 is 4.74 Å². The third kappa shape index (κ3) is 1.68. The van der Waals surface area contributed by atoms with Crippen molar-refractivity contribution in [1.29, 1.82) is 0 Å². The largest absolute Gasteiger partial charge is 0.492 e. The molecule has 0 spiro atoms. The Morgan fingerprint density at radius 3 is 2.67 bits per heavy atom. The number of carbonyl (C=O) groups excluding carboxylic acids is 1. The quantitative estimate of drug-likeness (QED) is 0.756. The van der Waals surface area contributed by atoms with E-state index in [1.807, 2.05) is 24.3 Å². The van der Waals surface area contributed by atoms with E-state index in [2.05, 4.69) is 0 Å². The highest BCUT2D eigenvalue weighted by Gasteiger charge is 2.31. The minimum atomic E-state index is -0.480. The van der Waals surface area contributed by atoms with Crippen LogP contribution in [0.4, 0.5) is 4.39 Å². The third-order valence-electron chi connectivity index (χ3n) is 3.16. The number of ketones is 1. The van der Waals surface area contributed by atoms with Crippen molar-refractivity contribution in [2.24, 2.45) is 0 Å². The molecule has 1 atom stereocenters. The molecule has 0 fully saturated rings. The molecule has 0 N–H and O–H groups in total. The summed E-state index contributed by atoms with van der Waals surface area (Å²) in [6.45, 7) is 0.284. The van der Waals surface area contributed by atoms with Crippen LogP contribution in [0.3, 0.4) is 0 Å². The Labute approximate surface area is 104 Å². The van der Waals surface area contributed by atoms with Crippen molar-refractivity contribution >= 4 is 5.78 Å². The summed E-state index contributed by atoms with van der Waals surface area (Å²) in [5.74, 6) is -0.393. The van der Waals surface area contributed by atoms with Gasteiger partial charge in [-0.2, -0.15) is 0 Å². The predicted molar refractivity (Wildman–Crippen MR) is 65.4 cm³/mol. The molecule has 1 aliphatic rings. The van der Waals surface area contributed by atoms with Gasteiger partial charge in [0.05, 0.1) is 11.5 Å². The van der Waals surface area contributed by atoms with Crippen LogP contribution in [0.2, 0.25) is 0 Å². The Morgan fingerprint density at radius 2 is 1.83 bits per heavy atom.